The van der Waals surface area contributed by atoms with Crippen molar-refractivity contribution in [1.29, 1.82) is 0 Å². The molecule has 0 spiro atoms. The predicted molar refractivity (Wildman–Crippen MR) is 109 cm³/mol. The van der Waals surface area contributed by atoms with Crippen molar-refractivity contribution in [2.45, 2.75) is 39.5 Å². The largest absolute Gasteiger partial charge is 0.466 e. The molecule has 7 nitrogen and oxygen atoms in total. The number of nitrogens with one attached hydrogen (secondary N) is 2. The molecular formula is C20H28ClN3O4. The highest BCUT2D eigenvalue weighted by atomic mass is 35.5. The number of piperidine rings is 1. The SMILES string of the molecule is CCCC(=O)Nc1ccc(Cl)c(NCC(=O)N2CCC(C(=O)OCC)CC2)c1. The zero-order valence-electron chi connectivity index (χ0n) is 16.4. The molecule has 0 atom stereocenters. The fraction of sp³-hybridized carbons (Fsp3) is 0.550. The van der Waals surface area contributed by atoms with Crippen molar-refractivity contribution in [2.75, 3.05) is 36.9 Å². The first-order chi connectivity index (χ1) is 13.4. The number of anilines is 2. The van der Waals surface area contributed by atoms with Crippen LogP contribution in [0.25, 0.3) is 0 Å². The van der Waals surface area contributed by atoms with Crippen molar-refractivity contribution in [3.05, 3.63) is 23.2 Å². The third-order valence-electron chi connectivity index (χ3n) is 4.62. The summed E-state index contributed by atoms with van der Waals surface area (Å²) in [4.78, 5) is 37.7. The van der Waals surface area contributed by atoms with Crippen molar-refractivity contribution >= 4 is 40.8 Å². The number of amides is 2. The van der Waals surface area contributed by atoms with E-state index in [9.17, 15) is 14.4 Å². The molecule has 1 heterocycles. The minimum atomic E-state index is -0.179. The zero-order chi connectivity index (χ0) is 20.5. The lowest BCUT2D eigenvalue weighted by Gasteiger charge is -2.31. The van der Waals surface area contributed by atoms with Crippen LogP contribution < -0.4 is 10.6 Å². The summed E-state index contributed by atoms with van der Waals surface area (Å²) in [5.74, 6) is -0.425. The van der Waals surface area contributed by atoms with E-state index in [2.05, 4.69) is 10.6 Å². The van der Waals surface area contributed by atoms with E-state index in [-0.39, 0.29) is 30.2 Å². The van der Waals surface area contributed by atoms with E-state index in [1.807, 2.05) is 6.92 Å². The maximum atomic E-state index is 12.5. The van der Waals surface area contributed by atoms with Gasteiger partial charge in [0.25, 0.3) is 0 Å². The maximum Gasteiger partial charge on any atom is 0.309 e. The molecule has 1 aromatic rings. The number of rotatable bonds is 8. The summed E-state index contributed by atoms with van der Waals surface area (Å²) in [6, 6.07) is 5.12. The molecule has 0 saturated carbocycles. The van der Waals surface area contributed by atoms with Gasteiger partial charge in [-0.2, -0.15) is 0 Å². The van der Waals surface area contributed by atoms with Crippen LogP contribution in [0.15, 0.2) is 18.2 Å². The van der Waals surface area contributed by atoms with Gasteiger partial charge in [-0.3, -0.25) is 14.4 Å². The molecule has 8 heteroatoms. The topological polar surface area (TPSA) is 87.7 Å². The first-order valence-corrected chi connectivity index (χ1v) is 10.1. The van der Waals surface area contributed by atoms with Gasteiger partial charge in [0.05, 0.1) is 29.8 Å². The molecule has 0 radical (unpaired) electrons. The Morgan fingerprint density at radius 3 is 2.57 bits per heavy atom. The highest BCUT2D eigenvalue weighted by Crippen LogP contribution is 2.26. The Bertz CT molecular complexity index is 703. The summed E-state index contributed by atoms with van der Waals surface area (Å²) in [5.41, 5.74) is 1.22. The van der Waals surface area contributed by atoms with Crippen LogP contribution in [0.2, 0.25) is 5.02 Å². The van der Waals surface area contributed by atoms with Gasteiger partial charge in [0.15, 0.2) is 0 Å². The van der Waals surface area contributed by atoms with Gasteiger partial charge in [0.2, 0.25) is 11.8 Å². The van der Waals surface area contributed by atoms with Crippen molar-refractivity contribution in [2.24, 2.45) is 5.92 Å². The van der Waals surface area contributed by atoms with Crippen LogP contribution in [0.4, 0.5) is 11.4 Å². The van der Waals surface area contributed by atoms with Gasteiger partial charge in [-0.05, 0) is 44.4 Å². The number of carbonyl (C=O) groups excluding carboxylic acids is 3. The van der Waals surface area contributed by atoms with Crippen molar-refractivity contribution in [3.63, 3.8) is 0 Å². The third-order valence-corrected chi connectivity index (χ3v) is 4.95. The molecular weight excluding hydrogens is 382 g/mol. The molecule has 154 valence electrons. The fourth-order valence-corrected chi connectivity index (χ4v) is 3.28. The van der Waals surface area contributed by atoms with Crippen LogP contribution in [0, 0.1) is 5.92 Å². The lowest BCUT2D eigenvalue weighted by Crippen LogP contribution is -2.43. The zero-order valence-corrected chi connectivity index (χ0v) is 17.2. The van der Waals surface area contributed by atoms with Crippen LogP contribution in [0.1, 0.15) is 39.5 Å². The quantitative estimate of drug-likeness (QED) is 0.643. The summed E-state index contributed by atoms with van der Waals surface area (Å²) in [7, 11) is 0. The number of nitrogens with zero attached hydrogens (tertiary/aromatic N) is 1. The van der Waals surface area contributed by atoms with Crippen LogP contribution in [-0.4, -0.2) is 48.9 Å². The maximum absolute atomic E-state index is 12.5. The lowest BCUT2D eigenvalue weighted by atomic mass is 9.97. The van der Waals surface area contributed by atoms with Crippen molar-refractivity contribution in [3.8, 4) is 0 Å². The summed E-state index contributed by atoms with van der Waals surface area (Å²) in [6.07, 6.45) is 2.45. The molecule has 2 N–H and O–H groups in total. The molecule has 0 unspecified atom stereocenters. The van der Waals surface area contributed by atoms with Gasteiger partial charge in [-0.25, -0.2) is 0 Å². The molecule has 1 fully saturated rings. The Morgan fingerprint density at radius 2 is 1.93 bits per heavy atom. The van der Waals surface area contributed by atoms with Gasteiger partial charge >= 0.3 is 5.97 Å². The molecule has 1 aliphatic rings. The number of carbonyl (C=O) groups is 3. The first-order valence-electron chi connectivity index (χ1n) is 9.72. The molecule has 1 aromatic carbocycles. The summed E-state index contributed by atoms with van der Waals surface area (Å²) >= 11 is 6.20. The second kappa shape index (κ2) is 10.9. The smallest absolute Gasteiger partial charge is 0.309 e. The number of hydrogen-bond acceptors (Lipinski definition) is 5. The number of likely N-dealkylation sites (tertiary alicyclic amines) is 1. The minimum Gasteiger partial charge on any atom is -0.466 e. The van der Waals surface area contributed by atoms with Crippen LogP contribution >= 0.6 is 11.6 Å². The van der Waals surface area contributed by atoms with Gasteiger partial charge in [0, 0.05) is 25.2 Å². The van der Waals surface area contributed by atoms with E-state index in [1.165, 1.54) is 0 Å². The highest BCUT2D eigenvalue weighted by molar-refractivity contribution is 6.33. The Labute approximate surface area is 170 Å². The molecule has 28 heavy (non-hydrogen) atoms. The van der Waals surface area contributed by atoms with Crippen LogP contribution in [-0.2, 0) is 19.1 Å². The Balaban J connectivity index is 1.85. The van der Waals surface area contributed by atoms with Crippen LogP contribution in [0.5, 0.6) is 0 Å². The normalized spacial score (nSPS) is 14.5. The third kappa shape index (κ3) is 6.41. The Hall–Kier alpha value is -2.28. The lowest BCUT2D eigenvalue weighted by molar-refractivity contribution is -0.151. The van der Waals surface area contributed by atoms with Crippen molar-refractivity contribution in [1.82, 2.24) is 4.90 Å². The number of benzene rings is 1. The molecule has 0 aliphatic carbocycles. The number of hydrogen-bond donors (Lipinski definition) is 2. The van der Waals surface area contributed by atoms with E-state index in [0.29, 0.717) is 55.4 Å². The number of esters is 1. The monoisotopic (exact) mass is 409 g/mol. The summed E-state index contributed by atoms with van der Waals surface area (Å²) in [5, 5.41) is 6.33. The molecule has 2 amide bonds. The standard InChI is InChI=1S/C20H28ClN3O4/c1-3-5-18(25)23-15-6-7-16(21)17(12-15)22-13-19(26)24-10-8-14(9-11-24)20(27)28-4-2/h6-7,12,14,22H,3-5,8-11,13H2,1-2H3,(H,23,25). The highest BCUT2D eigenvalue weighted by Gasteiger charge is 2.28. The number of halogens is 1. The van der Waals surface area contributed by atoms with E-state index >= 15 is 0 Å². The predicted octanol–water partition coefficient (Wildman–Crippen LogP) is 3.29. The molecule has 0 bridgehead atoms. The van der Waals surface area contributed by atoms with Gasteiger partial charge < -0.3 is 20.3 Å². The Morgan fingerprint density at radius 1 is 1.21 bits per heavy atom. The molecule has 2 rings (SSSR count). The average Bonchev–Trinajstić information content (AvgIpc) is 2.68. The van der Waals surface area contributed by atoms with E-state index in [1.54, 1.807) is 30.0 Å². The van der Waals surface area contributed by atoms with E-state index in [0.717, 1.165) is 6.42 Å². The number of ether oxygens (including phenoxy) is 1. The Kier molecular flexibility index (Phi) is 8.57. The fourth-order valence-electron chi connectivity index (χ4n) is 3.10. The second-order valence-corrected chi connectivity index (χ2v) is 7.16. The van der Waals surface area contributed by atoms with Gasteiger partial charge in [0.1, 0.15) is 0 Å². The first kappa shape index (κ1) is 22.0. The van der Waals surface area contributed by atoms with Crippen molar-refractivity contribution < 1.29 is 19.1 Å². The summed E-state index contributed by atoms with van der Waals surface area (Å²) in [6.45, 7) is 5.26. The van der Waals surface area contributed by atoms with Crippen LogP contribution in [0.3, 0.4) is 0 Å². The molecule has 0 aromatic heterocycles. The average molecular weight is 410 g/mol. The van der Waals surface area contributed by atoms with Gasteiger partial charge in [-0.1, -0.05) is 18.5 Å². The minimum absolute atomic E-state index is 0.0567. The summed E-state index contributed by atoms with van der Waals surface area (Å²) < 4.78 is 5.05. The second-order valence-electron chi connectivity index (χ2n) is 6.75. The molecule has 1 saturated heterocycles. The van der Waals surface area contributed by atoms with E-state index in [4.69, 9.17) is 16.3 Å². The van der Waals surface area contributed by atoms with Gasteiger partial charge in [-0.15, -0.1) is 0 Å². The molecule has 1 aliphatic heterocycles. The van der Waals surface area contributed by atoms with E-state index < -0.39 is 0 Å².